The Morgan fingerprint density at radius 1 is 1.10 bits per heavy atom. The molecule has 4 heterocycles. The number of halogens is 2. The molecule has 2 saturated carbocycles. The number of carbonyl (C=O) groups excluding carboxylic acids is 2. The van der Waals surface area contributed by atoms with Crippen LogP contribution < -0.4 is 16.0 Å². The van der Waals surface area contributed by atoms with Crippen molar-refractivity contribution >= 4 is 40.8 Å². The topological polar surface area (TPSA) is 125 Å². The summed E-state index contributed by atoms with van der Waals surface area (Å²) >= 11 is 12.7. The molecule has 0 bridgehead atoms. The number of aromatic nitrogens is 2. The van der Waals surface area contributed by atoms with Crippen LogP contribution >= 0.6 is 23.2 Å². The third-order valence-corrected chi connectivity index (χ3v) is 10.8. The van der Waals surface area contributed by atoms with Crippen molar-refractivity contribution in [3.63, 3.8) is 0 Å². The molecule has 2 aromatic heterocycles. The number of rotatable bonds is 5. The van der Waals surface area contributed by atoms with E-state index in [2.05, 4.69) is 39.8 Å². The molecule has 2 aliphatic heterocycles. The molecule has 1 saturated heterocycles. The van der Waals surface area contributed by atoms with Crippen molar-refractivity contribution in [3.05, 3.63) is 51.9 Å². The fraction of sp³-hybridized carbons (Fsp3) is 0.613. The summed E-state index contributed by atoms with van der Waals surface area (Å²) in [7, 11) is 1.59. The summed E-state index contributed by atoms with van der Waals surface area (Å²) in [5.74, 6) is -0.499. The highest BCUT2D eigenvalue weighted by atomic mass is 35.5. The lowest BCUT2D eigenvalue weighted by Crippen LogP contribution is -2.61. The van der Waals surface area contributed by atoms with E-state index in [1.54, 1.807) is 25.4 Å². The third-order valence-electron chi connectivity index (χ3n) is 10.4. The number of fused-ring (bicyclic) bond motifs is 3. The predicted molar refractivity (Wildman–Crippen MR) is 161 cm³/mol. The molecule has 11 heteroatoms. The Hall–Kier alpha value is -2.30. The number of nitrogens with zero attached hydrogens (tertiary/aromatic N) is 2. The van der Waals surface area contributed by atoms with Crippen molar-refractivity contribution in [2.45, 2.75) is 99.8 Å². The minimum Gasteiger partial charge on any atom is -0.387 e. The molecule has 1 unspecified atom stereocenters. The van der Waals surface area contributed by atoms with E-state index >= 15 is 0 Å². The monoisotopic (exact) mass is 615 g/mol. The summed E-state index contributed by atoms with van der Waals surface area (Å²) in [6.07, 6.45) is 7.19. The Kier molecular flexibility index (Phi) is 7.58. The van der Waals surface area contributed by atoms with Gasteiger partial charge in [0.25, 0.3) is 0 Å². The Morgan fingerprint density at radius 3 is 2.48 bits per heavy atom. The summed E-state index contributed by atoms with van der Waals surface area (Å²) in [4.78, 5) is 37.6. The summed E-state index contributed by atoms with van der Waals surface area (Å²) < 4.78 is 5.22. The van der Waals surface area contributed by atoms with E-state index in [1.165, 1.54) is 0 Å². The Morgan fingerprint density at radius 2 is 1.81 bits per heavy atom. The minimum atomic E-state index is -1.13. The minimum absolute atomic E-state index is 0.0962. The first-order valence-corrected chi connectivity index (χ1v) is 15.6. The number of anilines is 1. The van der Waals surface area contributed by atoms with Gasteiger partial charge in [0.1, 0.15) is 21.5 Å². The summed E-state index contributed by atoms with van der Waals surface area (Å²) in [5.41, 5.74) is -1.09. The van der Waals surface area contributed by atoms with Crippen LogP contribution in [0.1, 0.15) is 82.3 Å². The van der Waals surface area contributed by atoms with Crippen molar-refractivity contribution in [1.82, 2.24) is 20.6 Å². The molecule has 0 aromatic carbocycles. The van der Waals surface area contributed by atoms with Gasteiger partial charge in [0, 0.05) is 36.4 Å². The average Bonchev–Trinajstić information content (AvgIpc) is 3.40. The van der Waals surface area contributed by atoms with Gasteiger partial charge < -0.3 is 20.5 Å². The highest BCUT2D eigenvalue weighted by molar-refractivity contribution is 6.30. The van der Waals surface area contributed by atoms with Crippen LogP contribution in [0, 0.1) is 5.41 Å². The zero-order valence-electron chi connectivity index (χ0n) is 24.3. The van der Waals surface area contributed by atoms with E-state index in [-0.39, 0.29) is 29.9 Å². The molecular weight excluding hydrogens is 577 g/mol. The average molecular weight is 617 g/mol. The molecule has 3 atom stereocenters. The second-order valence-corrected chi connectivity index (χ2v) is 14.3. The SMILES string of the molecule is COCC1(O)CCC(NC(=O)C2NC3(CCC(C)(C)CC3)[C@@]3(C(=O)Nc4nc(Cl)ccc43)[C@H]2c2ccnc(Cl)c2)CC1. The van der Waals surface area contributed by atoms with E-state index < -0.39 is 28.5 Å². The Bertz CT molecular complexity index is 1390. The van der Waals surface area contributed by atoms with E-state index in [0.717, 1.165) is 24.0 Å². The summed E-state index contributed by atoms with van der Waals surface area (Å²) in [6, 6.07) is 6.40. The van der Waals surface area contributed by atoms with Gasteiger partial charge in [0.05, 0.1) is 18.2 Å². The van der Waals surface area contributed by atoms with E-state index in [0.29, 0.717) is 54.6 Å². The predicted octanol–water partition coefficient (Wildman–Crippen LogP) is 4.50. The molecule has 3 fully saturated rings. The third kappa shape index (κ3) is 4.81. The first-order valence-electron chi connectivity index (χ1n) is 14.8. The highest BCUT2D eigenvalue weighted by Gasteiger charge is 2.73. The smallest absolute Gasteiger partial charge is 0.238 e. The first-order chi connectivity index (χ1) is 19.9. The molecule has 4 N–H and O–H groups in total. The van der Waals surface area contributed by atoms with Crippen LogP contribution in [0.25, 0.3) is 0 Å². The maximum atomic E-state index is 14.5. The number of ether oxygens (including phenoxy) is 1. The molecule has 226 valence electrons. The van der Waals surface area contributed by atoms with Gasteiger partial charge in [0.2, 0.25) is 11.8 Å². The Labute approximate surface area is 256 Å². The highest BCUT2D eigenvalue weighted by Crippen LogP contribution is 2.63. The van der Waals surface area contributed by atoms with Gasteiger partial charge in [-0.25, -0.2) is 9.97 Å². The van der Waals surface area contributed by atoms with Crippen molar-refractivity contribution in [3.8, 4) is 0 Å². The number of carbonyl (C=O) groups is 2. The molecular formula is C31H39Cl2N5O4. The van der Waals surface area contributed by atoms with Gasteiger partial charge in [0.15, 0.2) is 0 Å². The van der Waals surface area contributed by atoms with Crippen LogP contribution in [0.3, 0.4) is 0 Å². The molecule has 9 nitrogen and oxygen atoms in total. The number of amides is 2. The lowest BCUT2D eigenvalue weighted by atomic mass is 9.53. The largest absolute Gasteiger partial charge is 0.387 e. The quantitative estimate of drug-likeness (QED) is 0.365. The molecule has 6 rings (SSSR count). The lowest BCUT2D eigenvalue weighted by molar-refractivity contribution is -0.125. The van der Waals surface area contributed by atoms with Crippen LogP contribution in [-0.4, -0.2) is 63.8 Å². The number of hydrogen-bond donors (Lipinski definition) is 4. The fourth-order valence-electron chi connectivity index (χ4n) is 8.17. The number of nitrogens with one attached hydrogen (secondary N) is 3. The van der Waals surface area contributed by atoms with Crippen molar-refractivity contribution in [2.75, 3.05) is 19.0 Å². The maximum absolute atomic E-state index is 14.5. The zero-order valence-corrected chi connectivity index (χ0v) is 25.8. The molecule has 4 aliphatic rings. The molecule has 2 spiro atoms. The maximum Gasteiger partial charge on any atom is 0.238 e. The normalized spacial score (nSPS) is 33.0. The molecule has 42 heavy (non-hydrogen) atoms. The second-order valence-electron chi connectivity index (χ2n) is 13.5. The van der Waals surface area contributed by atoms with Crippen molar-refractivity contribution < 1.29 is 19.4 Å². The Balaban J connectivity index is 1.44. The number of hydrogen-bond acceptors (Lipinski definition) is 7. The van der Waals surface area contributed by atoms with Crippen LogP contribution in [0.15, 0.2) is 30.5 Å². The summed E-state index contributed by atoms with van der Waals surface area (Å²) in [6.45, 7) is 4.78. The van der Waals surface area contributed by atoms with E-state index in [4.69, 9.17) is 27.9 Å². The molecule has 2 amide bonds. The van der Waals surface area contributed by atoms with Gasteiger partial charge in [-0.1, -0.05) is 43.1 Å². The second kappa shape index (κ2) is 10.7. The van der Waals surface area contributed by atoms with Crippen LogP contribution in [0.4, 0.5) is 5.82 Å². The van der Waals surface area contributed by atoms with Gasteiger partial charge in [-0.3, -0.25) is 14.9 Å². The number of methoxy groups -OCH3 is 1. The summed E-state index contributed by atoms with van der Waals surface area (Å²) in [5, 5.41) is 21.5. The van der Waals surface area contributed by atoms with Gasteiger partial charge in [-0.15, -0.1) is 0 Å². The lowest BCUT2D eigenvalue weighted by Gasteiger charge is -2.50. The van der Waals surface area contributed by atoms with Crippen LogP contribution in [-0.2, 0) is 19.7 Å². The number of aliphatic hydroxyl groups is 1. The first kappa shape index (κ1) is 29.8. The zero-order chi connectivity index (χ0) is 29.9. The van der Waals surface area contributed by atoms with Crippen molar-refractivity contribution in [2.24, 2.45) is 5.41 Å². The van der Waals surface area contributed by atoms with E-state index in [9.17, 15) is 14.7 Å². The molecule has 2 aromatic rings. The van der Waals surface area contributed by atoms with E-state index in [1.807, 2.05) is 12.1 Å². The molecule has 0 radical (unpaired) electrons. The van der Waals surface area contributed by atoms with Gasteiger partial charge in [-0.05, 0) is 80.5 Å². The van der Waals surface area contributed by atoms with Crippen LogP contribution in [0.2, 0.25) is 10.3 Å². The van der Waals surface area contributed by atoms with Gasteiger partial charge in [-0.2, -0.15) is 0 Å². The number of pyridine rings is 2. The molecule has 2 aliphatic carbocycles. The van der Waals surface area contributed by atoms with Gasteiger partial charge >= 0.3 is 0 Å². The van der Waals surface area contributed by atoms with Crippen LogP contribution in [0.5, 0.6) is 0 Å². The fourth-order valence-corrected chi connectivity index (χ4v) is 8.50. The standard InChI is InChI=1S/C31H39Cl2N5O4/c1-28(2)11-13-30(14-12-28)31(20-4-5-21(32)36-25(20)37-27(31)40)23(18-8-15-34-22(33)16-18)24(38-30)26(39)35-19-6-9-29(41,10-7-19)17-42-3/h4-5,8,15-16,19,23-24,38,41H,6-7,9-14,17H2,1-3H3,(H,35,39)(H,36,37,40)/t19?,23-,24?,29?,31+/m0/s1. The van der Waals surface area contributed by atoms with Crippen molar-refractivity contribution in [1.29, 1.82) is 0 Å².